The third kappa shape index (κ3) is 2.60. The summed E-state index contributed by atoms with van der Waals surface area (Å²) in [5.74, 6) is 0.988. The Bertz CT molecular complexity index is 667. The summed E-state index contributed by atoms with van der Waals surface area (Å²) in [5.41, 5.74) is 1.88. The number of aromatic nitrogens is 2. The fourth-order valence-electron chi connectivity index (χ4n) is 3.69. The van der Waals surface area contributed by atoms with Gasteiger partial charge in [0, 0.05) is 6.54 Å². The molecule has 4 rings (SSSR count). The van der Waals surface area contributed by atoms with Crippen LogP contribution in [0.2, 0.25) is 0 Å². The fraction of sp³-hybridized carbons (Fsp3) is 0.438. The van der Waals surface area contributed by atoms with Gasteiger partial charge in [-0.1, -0.05) is 30.3 Å². The molecule has 1 amide bonds. The lowest BCUT2D eigenvalue weighted by Gasteiger charge is -2.19. The second-order valence-corrected chi connectivity index (χ2v) is 6.68. The van der Waals surface area contributed by atoms with Gasteiger partial charge in [0.25, 0.3) is 0 Å². The number of nitrogens with zero attached hydrogens (tertiary/aromatic N) is 2. The number of hydrogen-bond donors (Lipinski definition) is 2. The maximum atomic E-state index is 12.0. The van der Waals surface area contributed by atoms with Gasteiger partial charge in [0.1, 0.15) is 6.61 Å². The van der Waals surface area contributed by atoms with E-state index in [1.54, 1.807) is 0 Å². The molecule has 2 N–H and O–H groups in total. The molecule has 6 nitrogen and oxygen atoms in total. The smallest absolute Gasteiger partial charge is 0.407 e. The number of rotatable bonds is 5. The number of ether oxygens (including phenoxy) is 1. The van der Waals surface area contributed by atoms with E-state index in [-0.39, 0.29) is 11.5 Å². The molecule has 7 heteroatoms. The number of nitrogens with one attached hydrogen (secondary N) is 2. The first-order chi connectivity index (χ1) is 11.3. The minimum absolute atomic E-state index is 0.137. The van der Waals surface area contributed by atoms with Gasteiger partial charge in [-0.25, -0.2) is 4.79 Å². The number of fused-ring (bicyclic) bond motifs is 1. The lowest BCUT2D eigenvalue weighted by atomic mass is 9.98. The lowest BCUT2D eigenvalue weighted by molar-refractivity contribution is 0.127. The van der Waals surface area contributed by atoms with Crippen molar-refractivity contribution < 1.29 is 9.53 Å². The summed E-state index contributed by atoms with van der Waals surface area (Å²) in [4.78, 5) is 12.0. The molecule has 0 spiro atoms. The van der Waals surface area contributed by atoms with Crippen LogP contribution in [0.15, 0.2) is 36.5 Å². The SMILES string of the molecule is O=C(NCc1ccccc1)OCC1(c2cnsn2)C2CNCC21. The number of carbonyl (C=O) groups excluding carboxylic acids is 1. The highest BCUT2D eigenvalue weighted by Crippen LogP contribution is 2.61. The minimum atomic E-state index is -0.380. The molecule has 23 heavy (non-hydrogen) atoms. The highest BCUT2D eigenvalue weighted by molar-refractivity contribution is 6.99. The molecule has 2 atom stereocenters. The highest BCUT2D eigenvalue weighted by atomic mass is 32.1. The Morgan fingerprint density at radius 2 is 2.13 bits per heavy atom. The zero-order chi connectivity index (χ0) is 15.7. The van der Waals surface area contributed by atoms with Crippen molar-refractivity contribution in [2.24, 2.45) is 11.8 Å². The summed E-state index contributed by atoms with van der Waals surface area (Å²) in [6, 6.07) is 9.79. The van der Waals surface area contributed by atoms with E-state index in [4.69, 9.17) is 4.74 Å². The van der Waals surface area contributed by atoms with Crippen molar-refractivity contribution in [1.82, 2.24) is 19.4 Å². The number of carbonyl (C=O) groups is 1. The first-order valence-electron chi connectivity index (χ1n) is 7.74. The van der Waals surface area contributed by atoms with Gasteiger partial charge in [0.05, 0.1) is 29.0 Å². The summed E-state index contributed by atoms with van der Waals surface area (Å²) in [7, 11) is 0. The number of hydrogen-bond acceptors (Lipinski definition) is 6. The van der Waals surface area contributed by atoms with E-state index in [1.165, 1.54) is 11.7 Å². The molecule has 1 saturated heterocycles. The molecule has 0 bridgehead atoms. The topological polar surface area (TPSA) is 76.1 Å². The van der Waals surface area contributed by atoms with Crippen molar-refractivity contribution in [2.45, 2.75) is 12.0 Å². The van der Waals surface area contributed by atoms with Gasteiger partial charge in [-0.3, -0.25) is 0 Å². The lowest BCUT2D eigenvalue weighted by Crippen LogP contribution is -2.33. The van der Waals surface area contributed by atoms with Crippen molar-refractivity contribution in [1.29, 1.82) is 0 Å². The predicted molar refractivity (Wildman–Crippen MR) is 86.1 cm³/mol. The van der Waals surface area contributed by atoms with Gasteiger partial charge in [-0.15, -0.1) is 0 Å². The Morgan fingerprint density at radius 1 is 1.35 bits per heavy atom. The molecule has 1 saturated carbocycles. The average Bonchev–Trinajstić information content (AvgIpc) is 3.08. The van der Waals surface area contributed by atoms with E-state index < -0.39 is 0 Å². The number of amides is 1. The summed E-state index contributed by atoms with van der Waals surface area (Å²) < 4.78 is 14.0. The maximum absolute atomic E-state index is 12.0. The number of alkyl carbamates (subject to hydrolysis) is 1. The molecule has 1 aliphatic heterocycles. The Kier molecular flexibility index (Phi) is 3.74. The zero-order valence-corrected chi connectivity index (χ0v) is 13.4. The van der Waals surface area contributed by atoms with Crippen molar-refractivity contribution in [3.05, 3.63) is 47.8 Å². The van der Waals surface area contributed by atoms with Crippen molar-refractivity contribution in [3.8, 4) is 0 Å². The molecular weight excluding hydrogens is 312 g/mol. The van der Waals surface area contributed by atoms with Crippen LogP contribution in [-0.2, 0) is 16.7 Å². The molecule has 0 radical (unpaired) electrons. The van der Waals surface area contributed by atoms with Crippen molar-refractivity contribution in [2.75, 3.05) is 19.7 Å². The normalized spacial score (nSPS) is 28.2. The van der Waals surface area contributed by atoms with Gasteiger partial charge < -0.3 is 15.4 Å². The molecule has 1 aromatic heterocycles. The van der Waals surface area contributed by atoms with Crippen molar-refractivity contribution >= 4 is 17.8 Å². The summed E-state index contributed by atoms with van der Waals surface area (Å²) in [5, 5.41) is 6.17. The number of piperidine rings is 1. The predicted octanol–water partition coefficient (Wildman–Crippen LogP) is 1.55. The van der Waals surface area contributed by atoms with E-state index in [0.717, 1.165) is 24.3 Å². The van der Waals surface area contributed by atoms with Crippen LogP contribution in [0.1, 0.15) is 11.3 Å². The van der Waals surface area contributed by atoms with Crippen LogP contribution >= 0.6 is 11.7 Å². The van der Waals surface area contributed by atoms with Gasteiger partial charge in [0.15, 0.2) is 0 Å². The molecule has 2 heterocycles. The molecule has 1 aromatic carbocycles. The maximum Gasteiger partial charge on any atom is 0.407 e. The standard InChI is InChI=1S/C16H18N4O2S/c21-15(18-6-11-4-2-1-3-5-11)22-10-16(14-9-19-23-20-14)12-7-17-8-13(12)16/h1-5,9,12-13,17H,6-8,10H2,(H,18,21). The van der Waals surface area contributed by atoms with E-state index in [2.05, 4.69) is 19.4 Å². The third-order valence-electron chi connectivity index (χ3n) is 4.99. The van der Waals surface area contributed by atoms with E-state index in [1.807, 2.05) is 36.5 Å². The van der Waals surface area contributed by atoms with Crippen molar-refractivity contribution in [3.63, 3.8) is 0 Å². The molecular formula is C16H18N4O2S. The molecule has 120 valence electrons. The number of benzene rings is 1. The van der Waals surface area contributed by atoms with Gasteiger partial charge in [-0.2, -0.15) is 8.75 Å². The Labute approximate surface area is 138 Å². The van der Waals surface area contributed by atoms with E-state index in [0.29, 0.717) is 25.0 Å². The average molecular weight is 330 g/mol. The largest absolute Gasteiger partial charge is 0.449 e. The van der Waals surface area contributed by atoms with Crippen LogP contribution in [-0.4, -0.2) is 34.5 Å². The Morgan fingerprint density at radius 3 is 2.83 bits per heavy atom. The van der Waals surface area contributed by atoms with Gasteiger partial charge >= 0.3 is 6.09 Å². The second-order valence-electron chi connectivity index (χ2n) is 6.12. The second kappa shape index (κ2) is 5.90. The van der Waals surface area contributed by atoms with Crippen LogP contribution in [0.4, 0.5) is 4.79 Å². The molecule has 2 unspecified atom stereocenters. The molecule has 2 fully saturated rings. The monoisotopic (exact) mass is 330 g/mol. The zero-order valence-electron chi connectivity index (χ0n) is 12.6. The van der Waals surface area contributed by atoms with Gasteiger partial charge in [0.2, 0.25) is 0 Å². The van der Waals surface area contributed by atoms with E-state index in [9.17, 15) is 4.79 Å². The molecule has 2 aliphatic rings. The summed E-state index contributed by atoms with van der Waals surface area (Å²) in [6.45, 7) is 2.75. The quantitative estimate of drug-likeness (QED) is 0.870. The van der Waals surface area contributed by atoms with Crippen LogP contribution in [0.3, 0.4) is 0 Å². The molecule has 1 aliphatic carbocycles. The van der Waals surface area contributed by atoms with Gasteiger partial charge in [-0.05, 0) is 30.5 Å². The van der Waals surface area contributed by atoms with E-state index >= 15 is 0 Å². The summed E-state index contributed by atoms with van der Waals surface area (Å²) >= 11 is 1.21. The first kappa shape index (κ1) is 14.6. The third-order valence-corrected chi connectivity index (χ3v) is 5.47. The molecule has 2 aromatic rings. The Balaban J connectivity index is 1.35. The van der Waals surface area contributed by atoms with Crippen LogP contribution in [0.25, 0.3) is 0 Å². The minimum Gasteiger partial charge on any atom is -0.449 e. The highest BCUT2D eigenvalue weighted by Gasteiger charge is 2.69. The summed E-state index contributed by atoms with van der Waals surface area (Å²) in [6.07, 6.45) is 1.43. The first-order valence-corrected chi connectivity index (χ1v) is 8.47. The Hall–Kier alpha value is -1.99. The van der Waals surface area contributed by atoms with Crippen LogP contribution in [0.5, 0.6) is 0 Å². The van der Waals surface area contributed by atoms with Crippen LogP contribution in [0, 0.1) is 11.8 Å². The fourth-order valence-corrected chi connectivity index (χ4v) is 4.19. The van der Waals surface area contributed by atoms with Crippen LogP contribution < -0.4 is 10.6 Å².